The smallest absolute Gasteiger partial charge is 0.340 e. The van der Waals surface area contributed by atoms with Crippen molar-refractivity contribution in [1.29, 1.82) is 0 Å². The molecule has 0 heterocycles. The Hall–Kier alpha value is -2.67. The lowest BCUT2D eigenvalue weighted by molar-refractivity contribution is -0.119. The number of rotatable bonds is 5. The van der Waals surface area contributed by atoms with Crippen LogP contribution < -0.4 is 10.1 Å². The quantitative estimate of drug-likeness (QED) is 0.644. The first kappa shape index (κ1) is 18.7. The molecule has 0 fully saturated rings. The number of halogens is 3. The first-order chi connectivity index (χ1) is 11.8. The summed E-state index contributed by atoms with van der Waals surface area (Å²) in [6.45, 7) is 1.20. The molecule has 0 atom stereocenters. The van der Waals surface area contributed by atoms with Gasteiger partial charge in [0.2, 0.25) is 0 Å². The van der Waals surface area contributed by atoms with Crippen LogP contribution in [0.4, 0.5) is 14.5 Å². The zero-order chi connectivity index (χ0) is 18.6. The summed E-state index contributed by atoms with van der Waals surface area (Å²) in [4.78, 5) is 23.8. The van der Waals surface area contributed by atoms with Gasteiger partial charge in [-0.25, -0.2) is 13.6 Å². The molecule has 0 aromatic heterocycles. The third kappa shape index (κ3) is 4.67. The summed E-state index contributed by atoms with van der Waals surface area (Å²) in [5.74, 6) is -3.67. The van der Waals surface area contributed by atoms with E-state index in [1.807, 2.05) is 6.92 Å². The van der Waals surface area contributed by atoms with Gasteiger partial charge in [0.25, 0.3) is 5.91 Å². The summed E-state index contributed by atoms with van der Waals surface area (Å²) < 4.78 is 36.1. The number of amides is 1. The number of hydrogen-bond donors (Lipinski definition) is 1. The van der Waals surface area contributed by atoms with E-state index in [4.69, 9.17) is 21.1 Å². The van der Waals surface area contributed by atoms with Crippen molar-refractivity contribution < 1.29 is 27.8 Å². The van der Waals surface area contributed by atoms with Crippen LogP contribution in [0.3, 0.4) is 0 Å². The number of esters is 1. The highest BCUT2D eigenvalue weighted by molar-refractivity contribution is 6.33. The SMILES string of the molecule is COc1ccc(C)cc1NC(=O)COC(=O)c1cc(F)c(F)cc1Cl. The molecular weight excluding hydrogens is 356 g/mol. The lowest BCUT2D eigenvalue weighted by atomic mass is 10.2. The molecule has 0 bridgehead atoms. The molecule has 132 valence electrons. The van der Waals surface area contributed by atoms with Gasteiger partial charge in [-0.2, -0.15) is 0 Å². The Kier molecular flexibility index (Phi) is 5.93. The second kappa shape index (κ2) is 7.94. The second-order valence-electron chi connectivity index (χ2n) is 5.07. The highest BCUT2D eigenvalue weighted by atomic mass is 35.5. The second-order valence-corrected chi connectivity index (χ2v) is 5.48. The van der Waals surface area contributed by atoms with Crippen molar-refractivity contribution in [2.45, 2.75) is 6.92 Å². The summed E-state index contributed by atoms with van der Waals surface area (Å²) in [6, 6.07) is 6.44. The molecule has 0 aliphatic heterocycles. The number of hydrogen-bond acceptors (Lipinski definition) is 4. The predicted molar refractivity (Wildman–Crippen MR) is 88.0 cm³/mol. The van der Waals surface area contributed by atoms with E-state index >= 15 is 0 Å². The van der Waals surface area contributed by atoms with Crippen molar-refractivity contribution >= 4 is 29.2 Å². The van der Waals surface area contributed by atoms with Crippen molar-refractivity contribution in [3.63, 3.8) is 0 Å². The first-order valence-electron chi connectivity index (χ1n) is 7.08. The average molecular weight is 370 g/mol. The van der Waals surface area contributed by atoms with Gasteiger partial charge in [-0.05, 0) is 36.8 Å². The fourth-order valence-electron chi connectivity index (χ4n) is 1.99. The van der Waals surface area contributed by atoms with Gasteiger partial charge in [-0.1, -0.05) is 17.7 Å². The molecule has 0 unspecified atom stereocenters. The molecule has 1 N–H and O–H groups in total. The summed E-state index contributed by atoms with van der Waals surface area (Å²) in [5.41, 5.74) is 0.928. The van der Waals surface area contributed by atoms with E-state index in [0.717, 1.165) is 5.56 Å². The van der Waals surface area contributed by atoms with Crippen LogP contribution in [0.25, 0.3) is 0 Å². The van der Waals surface area contributed by atoms with Gasteiger partial charge < -0.3 is 14.8 Å². The molecule has 0 radical (unpaired) electrons. The fourth-order valence-corrected chi connectivity index (χ4v) is 2.22. The normalized spacial score (nSPS) is 10.3. The van der Waals surface area contributed by atoms with E-state index in [9.17, 15) is 18.4 Å². The van der Waals surface area contributed by atoms with Crippen molar-refractivity contribution in [2.75, 3.05) is 19.0 Å². The Balaban J connectivity index is 2.02. The number of ether oxygens (including phenoxy) is 2. The third-order valence-corrected chi connectivity index (χ3v) is 3.51. The molecule has 5 nitrogen and oxygen atoms in total. The molecule has 8 heteroatoms. The highest BCUT2D eigenvalue weighted by Crippen LogP contribution is 2.25. The van der Waals surface area contributed by atoms with Gasteiger partial charge in [-0.15, -0.1) is 0 Å². The molecule has 1 amide bonds. The largest absolute Gasteiger partial charge is 0.495 e. The molecule has 0 saturated carbocycles. The fraction of sp³-hybridized carbons (Fsp3) is 0.176. The predicted octanol–water partition coefficient (Wildman–Crippen LogP) is 3.73. The molecule has 0 spiro atoms. The summed E-state index contributed by atoms with van der Waals surface area (Å²) in [7, 11) is 1.45. The number of aryl methyl sites for hydroxylation is 1. The van der Waals surface area contributed by atoms with Gasteiger partial charge in [0, 0.05) is 0 Å². The van der Waals surface area contributed by atoms with Crippen LogP contribution in [0.15, 0.2) is 30.3 Å². The summed E-state index contributed by atoms with van der Waals surface area (Å²) in [5, 5.41) is 2.22. The van der Waals surface area contributed by atoms with Crippen LogP contribution in [-0.2, 0) is 9.53 Å². The van der Waals surface area contributed by atoms with Crippen LogP contribution >= 0.6 is 11.6 Å². The number of carbonyl (C=O) groups is 2. The molecule has 2 aromatic carbocycles. The Bertz CT molecular complexity index is 827. The zero-order valence-electron chi connectivity index (χ0n) is 13.4. The average Bonchev–Trinajstić information content (AvgIpc) is 2.56. The van der Waals surface area contributed by atoms with Gasteiger partial charge >= 0.3 is 5.97 Å². The Morgan fingerprint density at radius 2 is 1.84 bits per heavy atom. The molecule has 2 aromatic rings. The number of anilines is 1. The summed E-state index contributed by atoms with van der Waals surface area (Å²) in [6.07, 6.45) is 0. The minimum Gasteiger partial charge on any atom is -0.495 e. The van der Waals surface area contributed by atoms with Crippen LogP contribution in [-0.4, -0.2) is 25.6 Å². The topological polar surface area (TPSA) is 64.6 Å². The van der Waals surface area contributed by atoms with E-state index in [1.54, 1.807) is 18.2 Å². The third-order valence-electron chi connectivity index (χ3n) is 3.19. The first-order valence-corrected chi connectivity index (χ1v) is 7.45. The maximum atomic E-state index is 13.2. The Morgan fingerprint density at radius 1 is 1.16 bits per heavy atom. The van der Waals surface area contributed by atoms with Crippen LogP contribution in [0.1, 0.15) is 15.9 Å². The molecular formula is C17H14ClF2NO4. The highest BCUT2D eigenvalue weighted by Gasteiger charge is 2.18. The number of methoxy groups -OCH3 is 1. The molecule has 2 rings (SSSR count). The van der Waals surface area contributed by atoms with E-state index in [-0.39, 0.29) is 10.6 Å². The molecule has 0 saturated heterocycles. The lowest BCUT2D eigenvalue weighted by Crippen LogP contribution is -2.21. The Morgan fingerprint density at radius 3 is 2.52 bits per heavy atom. The number of nitrogens with one attached hydrogen (secondary N) is 1. The maximum Gasteiger partial charge on any atom is 0.340 e. The van der Waals surface area contributed by atoms with Crippen molar-refractivity contribution in [3.8, 4) is 5.75 Å². The van der Waals surface area contributed by atoms with Crippen LogP contribution in [0, 0.1) is 18.6 Å². The minimum atomic E-state index is -1.25. The maximum absolute atomic E-state index is 13.2. The zero-order valence-corrected chi connectivity index (χ0v) is 14.1. The lowest BCUT2D eigenvalue weighted by Gasteiger charge is -2.11. The van der Waals surface area contributed by atoms with Gasteiger partial charge in [-0.3, -0.25) is 4.79 Å². The monoisotopic (exact) mass is 369 g/mol. The van der Waals surface area contributed by atoms with E-state index < -0.39 is 30.1 Å². The van der Waals surface area contributed by atoms with Crippen molar-refractivity contribution in [1.82, 2.24) is 0 Å². The van der Waals surface area contributed by atoms with E-state index in [0.29, 0.717) is 23.6 Å². The van der Waals surface area contributed by atoms with Gasteiger partial charge in [0.15, 0.2) is 18.2 Å². The molecule has 0 aliphatic carbocycles. The number of carbonyl (C=O) groups excluding carboxylic acids is 2. The van der Waals surface area contributed by atoms with Crippen molar-refractivity contribution in [2.24, 2.45) is 0 Å². The molecule has 0 aliphatic rings. The summed E-state index contributed by atoms with van der Waals surface area (Å²) >= 11 is 5.67. The Labute approximate surface area is 147 Å². The number of benzene rings is 2. The van der Waals surface area contributed by atoms with E-state index in [1.165, 1.54) is 7.11 Å². The van der Waals surface area contributed by atoms with Crippen LogP contribution in [0.5, 0.6) is 5.75 Å². The minimum absolute atomic E-state index is 0.315. The van der Waals surface area contributed by atoms with E-state index in [2.05, 4.69) is 5.32 Å². The van der Waals surface area contributed by atoms with Crippen molar-refractivity contribution in [3.05, 3.63) is 58.1 Å². The molecule has 25 heavy (non-hydrogen) atoms. The van der Waals surface area contributed by atoms with Gasteiger partial charge in [0.05, 0.1) is 23.4 Å². The van der Waals surface area contributed by atoms with Gasteiger partial charge in [0.1, 0.15) is 5.75 Å². The standard InChI is InChI=1S/C17H14ClF2NO4/c1-9-3-4-15(24-2)14(5-9)21-16(22)8-25-17(23)10-6-12(19)13(20)7-11(10)18/h3-7H,8H2,1-2H3,(H,21,22). The van der Waals surface area contributed by atoms with Crippen LogP contribution in [0.2, 0.25) is 5.02 Å².